The van der Waals surface area contributed by atoms with Crippen molar-refractivity contribution in [2.45, 2.75) is 33.4 Å². The second-order valence-corrected chi connectivity index (χ2v) is 8.11. The number of ether oxygens (including phenoxy) is 3. The van der Waals surface area contributed by atoms with Crippen LogP contribution in [-0.4, -0.2) is 24.8 Å². The maximum absolute atomic E-state index is 12.1. The number of methoxy groups -OCH3 is 1. The molecule has 35 heavy (non-hydrogen) atoms. The number of aryl methyl sites for hydroxylation is 1. The minimum Gasteiger partial charge on any atom is -0.507 e. The van der Waals surface area contributed by atoms with Crippen molar-refractivity contribution in [3.05, 3.63) is 77.0 Å². The van der Waals surface area contributed by atoms with Crippen LogP contribution in [0.25, 0.3) is 22.1 Å². The SMILES string of the molecule is CCOC(=O)Cc1ccc(OC)cc1OCc1c(C)oc2ccc(-c3cccc(CN)c3O)cc12. The molecule has 7 heteroatoms. The minimum absolute atomic E-state index is 0.0964. The number of hydrogen-bond acceptors (Lipinski definition) is 7. The van der Waals surface area contributed by atoms with Gasteiger partial charge in [0.05, 0.1) is 20.1 Å². The summed E-state index contributed by atoms with van der Waals surface area (Å²) in [5.41, 5.74) is 10.3. The van der Waals surface area contributed by atoms with E-state index in [1.807, 2.05) is 37.3 Å². The van der Waals surface area contributed by atoms with Gasteiger partial charge in [-0.05, 0) is 37.6 Å². The van der Waals surface area contributed by atoms with Gasteiger partial charge in [0.2, 0.25) is 0 Å². The van der Waals surface area contributed by atoms with E-state index in [0.29, 0.717) is 34.8 Å². The molecular formula is C28H29NO6. The fourth-order valence-electron chi connectivity index (χ4n) is 4.07. The summed E-state index contributed by atoms with van der Waals surface area (Å²) in [6.45, 7) is 4.45. The number of furan rings is 1. The number of rotatable bonds is 9. The molecule has 0 saturated heterocycles. The summed E-state index contributed by atoms with van der Waals surface area (Å²) < 4.78 is 22.6. The van der Waals surface area contributed by atoms with Crippen molar-refractivity contribution in [1.82, 2.24) is 0 Å². The number of esters is 1. The Labute approximate surface area is 204 Å². The highest BCUT2D eigenvalue weighted by Crippen LogP contribution is 2.36. The predicted octanol–water partition coefficient (Wildman–Crippen LogP) is 5.27. The molecule has 0 amide bonds. The Kier molecular flexibility index (Phi) is 7.27. The zero-order chi connectivity index (χ0) is 24.9. The van der Waals surface area contributed by atoms with Crippen LogP contribution < -0.4 is 15.2 Å². The third-order valence-electron chi connectivity index (χ3n) is 5.93. The number of phenolic OH excluding ortho intramolecular Hbond substituents is 1. The zero-order valence-corrected chi connectivity index (χ0v) is 20.1. The van der Waals surface area contributed by atoms with Crippen LogP contribution in [0.1, 0.15) is 29.4 Å². The first-order valence-electron chi connectivity index (χ1n) is 11.4. The van der Waals surface area contributed by atoms with Crippen molar-refractivity contribution < 1.29 is 28.5 Å². The standard InChI is InChI=1S/C28H29NO6/c1-4-33-27(30)13-19-8-10-21(32-3)14-26(19)34-16-24-17(2)35-25-11-9-18(12-23(24)25)22-7-5-6-20(15-29)28(22)31/h5-12,14,31H,4,13,15-16,29H2,1-3H3. The topological polar surface area (TPSA) is 104 Å². The van der Waals surface area contributed by atoms with E-state index in [1.165, 1.54) is 0 Å². The van der Waals surface area contributed by atoms with Crippen molar-refractivity contribution in [3.63, 3.8) is 0 Å². The molecule has 0 bridgehead atoms. The van der Waals surface area contributed by atoms with Gasteiger partial charge < -0.3 is 29.5 Å². The Hall–Kier alpha value is -3.97. The molecule has 0 unspecified atom stereocenters. The Morgan fingerprint density at radius 2 is 1.91 bits per heavy atom. The van der Waals surface area contributed by atoms with E-state index >= 15 is 0 Å². The van der Waals surface area contributed by atoms with E-state index in [1.54, 1.807) is 38.3 Å². The maximum Gasteiger partial charge on any atom is 0.310 e. The van der Waals surface area contributed by atoms with Gasteiger partial charge in [-0.15, -0.1) is 0 Å². The summed E-state index contributed by atoms with van der Waals surface area (Å²) in [5.74, 6) is 1.74. The summed E-state index contributed by atoms with van der Waals surface area (Å²) in [4.78, 5) is 12.1. The largest absolute Gasteiger partial charge is 0.507 e. The lowest BCUT2D eigenvalue weighted by atomic mass is 9.99. The van der Waals surface area contributed by atoms with Crippen molar-refractivity contribution in [2.24, 2.45) is 5.73 Å². The molecule has 4 rings (SSSR count). The summed E-state index contributed by atoms with van der Waals surface area (Å²) in [6.07, 6.45) is 0.0964. The van der Waals surface area contributed by atoms with Crippen molar-refractivity contribution in [3.8, 4) is 28.4 Å². The van der Waals surface area contributed by atoms with Crippen molar-refractivity contribution in [2.75, 3.05) is 13.7 Å². The van der Waals surface area contributed by atoms with Gasteiger partial charge >= 0.3 is 5.97 Å². The van der Waals surface area contributed by atoms with Crippen molar-refractivity contribution >= 4 is 16.9 Å². The Bertz CT molecular complexity index is 1360. The second-order valence-electron chi connectivity index (χ2n) is 8.11. The molecule has 3 N–H and O–H groups in total. The van der Waals surface area contributed by atoms with Crippen LogP contribution in [0.2, 0.25) is 0 Å². The summed E-state index contributed by atoms with van der Waals surface area (Å²) >= 11 is 0. The first-order valence-corrected chi connectivity index (χ1v) is 11.4. The molecule has 0 aliphatic heterocycles. The normalized spacial score (nSPS) is 11.0. The molecule has 0 aliphatic rings. The molecule has 0 saturated carbocycles. The number of carbonyl (C=O) groups excluding carboxylic acids is 1. The Morgan fingerprint density at radius 3 is 2.66 bits per heavy atom. The lowest BCUT2D eigenvalue weighted by Crippen LogP contribution is -2.09. The molecule has 0 atom stereocenters. The lowest BCUT2D eigenvalue weighted by Gasteiger charge is -2.13. The van der Waals surface area contributed by atoms with E-state index in [0.717, 1.165) is 27.9 Å². The zero-order valence-electron chi connectivity index (χ0n) is 20.1. The molecule has 0 fully saturated rings. The number of aromatic hydroxyl groups is 1. The van der Waals surface area contributed by atoms with Crippen LogP contribution in [0.15, 0.2) is 59.0 Å². The van der Waals surface area contributed by atoms with Gasteiger partial charge in [-0.1, -0.05) is 30.3 Å². The highest BCUT2D eigenvalue weighted by Gasteiger charge is 2.17. The second kappa shape index (κ2) is 10.5. The molecule has 0 aliphatic carbocycles. The Morgan fingerprint density at radius 1 is 1.09 bits per heavy atom. The summed E-state index contributed by atoms with van der Waals surface area (Å²) in [5, 5.41) is 11.5. The summed E-state index contributed by atoms with van der Waals surface area (Å²) in [6, 6.07) is 16.7. The van der Waals surface area contributed by atoms with Crippen LogP contribution in [0.5, 0.6) is 17.2 Å². The first-order chi connectivity index (χ1) is 16.9. The molecule has 0 spiro atoms. The smallest absolute Gasteiger partial charge is 0.310 e. The van der Waals surface area contributed by atoms with E-state index in [4.69, 9.17) is 24.4 Å². The van der Waals surface area contributed by atoms with Gasteiger partial charge in [0.1, 0.15) is 35.2 Å². The van der Waals surface area contributed by atoms with E-state index in [-0.39, 0.29) is 31.3 Å². The quantitative estimate of drug-likeness (QED) is 0.318. The number of carbonyl (C=O) groups is 1. The van der Waals surface area contributed by atoms with Crippen LogP contribution in [-0.2, 0) is 29.1 Å². The minimum atomic E-state index is -0.323. The van der Waals surface area contributed by atoms with Gasteiger partial charge in [0, 0.05) is 40.3 Å². The Balaban J connectivity index is 1.67. The molecule has 4 aromatic rings. The van der Waals surface area contributed by atoms with Crippen LogP contribution in [0.3, 0.4) is 0 Å². The summed E-state index contributed by atoms with van der Waals surface area (Å²) in [7, 11) is 1.58. The predicted molar refractivity (Wildman–Crippen MR) is 134 cm³/mol. The van der Waals surface area contributed by atoms with E-state index < -0.39 is 0 Å². The van der Waals surface area contributed by atoms with Gasteiger partial charge in [0.15, 0.2) is 0 Å². The van der Waals surface area contributed by atoms with Crippen LogP contribution in [0.4, 0.5) is 0 Å². The van der Waals surface area contributed by atoms with Gasteiger partial charge in [-0.25, -0.2) is 0 Å². The highest BCUT2D eigenvalue weighted by atomic mass is 16.5. The molecule has 182 valence electrons. The highest BCUT2D eigenvalue weighted by molar-refractivity contribution is 5.88. The number of para-hydroxylation sites is 1. The van der Waals surface area contributed by atoms with Gasteiger partial charge in [-0.2, -0.15) is 0 Å². The molecule has 7 nitrogen and oxygen atoms in total. The average molecular weight is 476 g/mol. The molecule has 3 aromatic carbocycles. The number of phenols is 1. The fraction of sp³-hybridized carbons (Fsp3) is 0.250. The number of fused-ring (bicyclic) bond motifs is 1. The van der Waals surface area contributed by atoms with Crippen molar-refractivity contribution in [1.29, 1.82) is 0 Å². The average Bonchev–Trinajstić information content (AvgIpc) is 3.17. The molecule has 1 heterocycles. The van der Waals surface area contributed by atoms with Crippen LogP contribution in [0, 0.1) is 6.92 Å². The first kappa shape index (κ1) is 24.2. The number of nitrogens with two attached hydrogens (primary N) is 1. The van der Waals surface area contributed by atoms with E-state index in [9.17, 15) is 9.90 Å². The third-order valence-corrected chi connectivity index (χ3v) is 5.93. The maximum atomic E-state index is 12.1. The van der Waals surface area contributed by atoms with Crippen LogP contribution >= 0.6 is 0 Å². The fourth-order valence-corrected chi connectivity index (χ4v) is 4.07. The monoisotopic (exact) mass is 475 g/mol. The number of hydrogen-bond donors (Lipinski definition) is 2. The lowest BCUT2D eigenvalue weighted by molar-refractivity contribution is -0.142. The number of benzene rings is 3. The molecule has 0 radical (unpaired) electrons. The molecule has 1 aromatic heterocycles. The van der Waals surface area contributed by atoms with Gasteiger partial charge in [0.25, 0.3) is 0 Å². The third kappa shape index (κ3) is 5.10. The van der Waals surface area contributed by atoms with E-state index in [2.05, 4.69) is 0 Å². The van der Waals surface area contributed by atoms with Gasteiger partial charge in [-0.3, -0.25) is 4.79 Å². The molecular weight excluding hydrogens is 446 g/mol.